The molecule has 0 radical (unpaired) electrons. The predicted octanol–water partition coefficient (Wildman–Crippen LogP) is 3.22. The maximum Gasteiger partial charge on any atom is 0.238 e. The second-order valence-electron chi connectivity index (χ2n) is 5.89. The maximum absolute atomic E-state index is 13.7. The molecule has 0 aromatic heterocycles. The zero-order chi connectivity index (χ0) is 18.4. The predicted molar refractivity (Wildman–Crippen MR) is 95.6 cm³/mol. The lowest BCUT2D eigenvalue weighted by Gasteiger charge is -2.17. The van der Waals surface area contributed by atoms with Crippen molar-refractivity contribution in [1.82, 2.24) is 4.90 Å². The van der Waals surface area contributed by atoms with Gasteiger partial charge in [0.1, 0.15) is 5.75 Å². The summed E-state index contributed by atoms with van der Waals surface area (Å²) in [6.45, 7) is 2.56. The summed E-state index contributed by atoms with van der Waals surface area (Å²) in [7, 11) is 4.79. The monoisotopic (exact) mass is 346 g/mol. The largest absolute Gasteiger partial charge is 0.495 e. The van der Waals surface area contributed by atoms with Gasteiger partial charge in [0.2, 0.25) is 5.91 Å². The highest BCUT2D eigenvalue weighted by Crippen LogP contribution is 2.25. The summed E-state index contributed by atoms with van der Waals surface area (Å²) in [4.78, 5) is 14.1. The second-order valence-corrected chi connectivity index (χ2v) is 5.89. The summed E-state index contributed by atoms with van der Waals surface area (Å²) in [5, 5.41) is 2.85. The smallest absolute Gasteiger partial charge is 0.238 e. The molecule has 0 unspecified atom stereocenters. The Morgan fingerprint density at radius 2 is 1.80 bits per heavy atom. The van der Waals surface area contributed by atoms with E-state index in [2.05, 4.69) is 5.32 Å². The summed E-state index contributed by atoms with van der Waals surface area (Å²) < 4.78 is 23.9. The number of likely N-dealkylation sites (N-methyl/N-ethyl adjacent to an activating group) is 1. The van der Waals surface area contributed by atoms with E-state index in [-0.39, 0.29) is 18.2 Å². The van der Waals surface area contributed by atoms with Crippen molar-refractivity contribution in [3.63, 3.8) is 0 Å². The molecule has 0 fully saturated rings. The SMILES string of the molecule is COc1ccc(CN(C)CC(=O)Nc2cc(C)ccc2OC)cc1F. The first kappa shape index (κ1) is 18.7. The van der Waals surface area contributed by atoms with Crippen molar-refractivity contribution in [2.24, 2.45) is 0 Å². The zero-order valence-corrected chi connectivity index (χ0v) is 14.9. The molecule has 0 saturated carbocycles. The van der Waals surface area contributed by atoms with E-state index in [1.807, 2.05) is 25.1 Å². The Bertz CT molecular complexity index is 749. The first-order valence-corrected chi connectivity index (χ1v) is 7.88. The van der Waals surface area contributed by atoms with Gasteiger partial charge >= 0.3 is 0 Å². The van der Waals surface area contributed by atoms with Crippen LogP contribution in [0.25, 0.3) is 0 Å². The lowest BCUT2D eigenvalue weighted by molar-refractivity contribution is -0.117. The maximum atomic E-state index is 13.7. The molecule has 2 aromatic rings. The molecule has 6 heteroatoms. The van der Waals surface area contributed by atoms with Crippen LogP contribution >= 0.6 is 0 Å². The van der Waals surface area contributed by atoms with Gasteiger partial charge in [-0.3, -0.25) is 9.69 Å². The van der Waals surface area contributed by atoms with Crippen LogP contribution in [-0.2, 0) is 11.3 Å². The highest BCUT2D eigenvalue weighted by molar-refractivity contribution is 5.93. The van der Waals surface area contributed by atoms with Gasteiger partial charge in [-0.25, -0.2) is 4.39 Å². The Hall–Kier alpha value is -2.60. The van der Waals surface area contributed by atoms with E-state index >= 15 is 0 Å². The quantitative estimate of drug-likeness (QED) is 0.836. The van der Waals surface area contributed by atoms with Crippen molar-refractivity contribution in [3.05, 3.63) is 53.3 Å². The third-order valence-corrected chi connectivity index (χ3v) is 3.71. The highest BCUT2D eigenvalue weighted by Gasteiger charge is 2.12. The van der Waals surface area contributed by atoms with Crippen LogP contribution in [0.2, 0.25) is 0 Å². The van der Waals surface area contributed by atoms with E-state index in [0.29, 0.717) is 18.0 Å². The van der Waals surface area contributed by atoms with Gasteiger partial charge in [-0.1, -0.05) is 12.1 Å². The lowest BCUT2D eigenvalue weighted by Crippen LogP contribution is -2.30. The number of hydrogen-bond acceptors (Lipinski definition) is 4. The lowest BCUT2D eigenvalue weighted by atomic mass is 10.2. The molecule has 0 saturated heterocycles. The molecule has 1 amide bonds. The van der Waals surface area contributed by atoms with E-state index in [9.17, 15) is 9.18 Å². The molecule has 2 rings (SSSR count). The van der Waals surface area contributed by atoms with Gasteiger partial charge in [-0.05, 0) is 49.4 Å². The molecule has 0 aliphatic rings. The molecule has 0 bridgehead atoms. The number of ether oxygens (including phenoxy) is 2. The molecule has 5 nitrogen and oxygen atoms in total. The van der Waals surface area contributed by atoms with Gasteiger partial charge in [0, 0.05) is 6.54 Å². The van der Waals surface area contributed by atoms with Gasteiger partial charge in [-0.2, -0.15) is 0 Å². The summed E-state index contributed by atoms with van der Waals surface area (Å²) in [6, 6.07) is 10.4. The highest BCUT2D eigenvalue weighted by atomic mass is 19.1. The van der Waals surface area contributed by atoms with Crippen LogP contribution < -0.4 is 14.8 Å². The van der Waals surface area contributed by atoms with Gasteiger partial charge in [-0.15, -0.1) is 0 Å². The van der Waals surface area contributed by atoms with Gasteiger partial charge < -0.3 is 14.8 Å². The van der Waals surface area contributed by atoms with E-state index in [0.717, 1.165) is 11.1 Å². The van der Waals surface area contributed by atoms with Crippen LogP contribution in [0, 0.1) is 12.7 Å². The van der Waals surface area contributed by atoms with Crippen molar-refractivity contribution in [2.75, 3.05) is 33.1 Å². The number of halogens is 1. The van der Waals surface area contributed by atoms with Crippen molar-refractivity contribution in [2.45, 2.75) is 13.5 Å². The molecule has 25 heavy (non-hydrogen) atoms. The van der Waals surface area contributed by atoms with Gasteiger partial charge in [0.25, 0.3) is 0 Å². The van der Waals surface area contributed by atoms with Crippen molar-refractivity contribution < 1.29 is 18.7 Å². The van der Waals surface area contributed by atoms with Crippen LogP contribution in [0.4, 0.5) is 10.1 Å². The third kappa shape index (κ3) is 5.19. The van der Waals surface area contributed by atoms with E-state index in [1.165, 1.54) is 13.2 Å². The second kappa shape index (κ2) is 8.48. The molecule has 0 atom stereocenters. The average Bonchev–Trinajstić information content (AvgIpc) is 2.55. The van der Waals surface area contributed by atoms with Gasteiger partial charge in [0.05, 0.1) is 26.5 Å². The molecule has 0 heterocycles. The minimum Gasteiger partial charge on any atom is -0.495 e. The Kier molecular flexibility index (Phi) is 6.36. The van der Waals surface area contributed by atoms with E-state index in [1.54, 1.807) is 31.2 Å². The Morgan fingerprint density at radius 3 is 2.44 bits per heavy atom. The minimum atomic E-state index is -0.414. The summed E-state index contributed by atoms with van der Waals surface area (Å²) >= 11 is 0. The van der Waals surface area contributed by atoms with Gasteiger partial charge in [0.15, 0.2) is 11.6 Å². The van der Waals surface area contributed by atoms with E-state index in [4.69, 9.17) is 9.47 Å². The van der Waals surface area contributed by atoms with Crippen molar-refractivity contribution in [3.8, 4) is 11.5 Å². The minimum absolute atomic E-state index is 0.166. The molecular weight excluding hydrogens is 323 g/mol. The van der Waals surface area contributed by atoms with Crippen LogP contribution in [-0.4, -0.2) is 38.6 Å². The van der Waals surface area contributed by atoms with E-state index < -0.39 is 5.82 Å². The number of nitrogens with one attached hydrogen (secondary N) is 1. The molecule has 134 valence electrons. The average molecular weight is 346 g/mol. The van der Waals surface area contributed by atoms with Crippen LogP contribution in [0.3, 0.4) is 0 Å². The van der Waals surface area contributed by atoms with Crippen LogP contribution in [0.15, 0.2) is 36.4 Å². The number of nitrogens with zero attached hydrogens (tertiary/aromatic N) is 1. The Balaban J connectivity index is 1.96. The Morgan fingerprint density at radius 1 is 1.12 bits per heavy atom. The number of amides is 1. The zero-order valence-electron chi connectivity index (χ0n) is 14.9. The summed E-state index contributed by atoms with van der Waals surface area (Å²) in [5.74, 6) is 0.234. The Labute approximate surface area is 147 Å². The van der Waals surface area contributed by atoms with Crippen molar-refractivity contribution in [1.29, 1.82) is 0 Å². The number of carbonyl (C=O) groups excluding carboxylic acids is 1. The number of methoxy groups -OCH3 is 2. The summed E-state index contributed by atoms with van der Waals surface area (Å²) in [5.41, 5.74) is 2.43. The molecule has 1 N–H and O–H groups in total. The van der Waals surface area contributed by atoms with Crippen LogP contribution in [0.1, 0.15) is 11.1 Å². The number of aryl methyl sites for hydroxylation is 1. The fraction of sp³-hybridized carbons (Fsp3) is 0.316. The topological polar surface area (TPSA) is 50.8 Å². The fourth-order valence-electron chi connectivity index (χ4n) is 2.53. The molecule has 0 spiro atoms. The number of hydrogen-bond donors (Lipinski definition) is 1. The molecular formula is C19H23FN2O3. The fourth-order valence-corrected chi connectivity index (χ4v) is 2.53. The number of carbonyl (C=O) groups is 1. The van der Waals surface area contributed by atoms with Crippen molar-refractivity contribution >= 4 is 11.6 Å². The first-order valence-electron chi connectivity index (χ1n) is 7.88. The number of anilines is 1. The molecule has 0 aliphatic carbocycles. The normalized spacial score (nSPS) is 10.6. The number of rotatable bonds is 7. The van der Waals surface area contributed by atoms with Crippen LogP contribution in [0.5, 0.6) is 11.5 Å². The summed E-state index contributed by atoms with van der Waals surface area (Å²) in [6.07, 6.45) is 0. The first-order chi connectivity index (χ1) is 11.9. The standard InChI is InChI=1S/C19H23FN2O3/c1-13-5-7-18(25-4)16(9-13)21-19(23)12-22(2)11-14-6-8-17(24-3)15(20)10-14/h5-10H,11-12H2,1-4H3,(H,21,23). The number of benzene rings is 2. The molecule has 0 aliphatic heterocycles. The third-order valence-electron chi connectivity index (χ3n) is 3.71. The molecule has 2 aromatic carbocycles.